The van der Waals surface area contributed by atoms with Crippen molar-refractivity contribution in [1.29, 1.82) is 0 Å². The van der Waals surface area contributed by atoms with E-state index in [0.29, 0.717) is 43.5 Å². The maximum Gasteiger partial charge on any atom is 0.243 e. The lowest BCUT2D eigenvalue weighted by atomic mass is 10.2. The zero-order chi connectivity index (χ0) is 21.1. The van der Waals surface area contributed by atoms with E-state index in [1.807, 2.05) is 37.3 Å². The van der Waals surface area contributed by atoms with Gasteiger partial charge in [-0.25, -0.2) is 13.4 Å². The van der Waals surface area contributed by atoms with Crippen molar-refractivity contribution in [2.45, 2.75) is 18.4 Å². The summed E-state index contributed by atoms with van der Waals surface area (Å²) < 4.78 is 38.2. The Labute approximate surface area is 177 Å². The van der Waals surface area contributed by atoms with E-state index >= 15 is 0 Å². The van der Waals surface area contributed by atoms with Crippen LogP contribution in [0.4, 0.5) is 0 Å². The molecule has 2 heterocycles. The van der Waals surface area contributed by atoms with Gasteiger partial charge in [-0.2, -0.15) is 4.31 Å². The molecule has 30 heavy (non-hydrogen) atoms. The summed E-state index contributed by atoms with van der Waals surface area (Å²) in [5.41, 5.74) is 1.77. The SMILES string of the molecule is COc1ccc(-c2nc(CN3CCN(S(=O)(=O)c4ccccc4)CC3)c(C)o2)cc1. The van der Waals surface area contributed by atoms with E-state index in [1.165, 1.54) is 0 Å². The Hall–Kier alpha value is -2.68. The zero-order valence-corrected chi connectivity index (χ0v) is 17.9. The van der Waals surface area contributed by atoms with Gasteiger partial charge >= 0.3 is 0 Å². The number of rotatable bonds is 6. The van der Waals surface area contributed by atoms with Crippen LogP contribution < -0.4 is 4.74 Å². The fraction of sp³-hybridized carbons (Fsp3) is 0.318. The Morgan fingerprint density at radius 3 is 2.30 bits per heavy atom. The first-order valence-corrected chi connectivity index (χ1v) is 11.3. The van der Waals surface area contributed by atoms with Crippen molar-refractivity contribution >= 4 is 10.0 Å². The molecule has 3 aromatic rings. The summed E-state index contributed by atoms with van der Waals surface area (Å²) in [6, 6.07) is 16.2. The van der Waals surface area contributed by atoms with E-state index < -0.39 is 10.0 Å². The first-order valence-electron chi connectivity index (χ1n) is 9.85. The first kappa shape index (κ1) is 20.6. The summed E-state index contributed by atoms with van der Waals surface area (Å²) in [7, 11) is -1.81. The van der Waals surface area contributed by atoms with Crippen molar-refractivity contribution in [3.8, 4) is 17.2 Å². The van der Waals surface area contributed by atoms with Gasteiger partial charge < -0.3 is 9.15 Å². The van der Waals surface area contributed by atoms with E-state index in [9.17, 15) is 8.42 Å². The average molecular weight is 428 g/mol. The molecule has 0 amide bonds. The molecule has 0 N–H and O–H groups in total. The third-order valence-electron chi connectivity index (χ3n) is 5.32. The van der Waals surface area contributed by atoms with Crippen molar-refractivity contribution in [2.24, 2.45) is 0 Å². The van der Waals surface area contributed by atoms with Gasteiger partial charge in [0, 0.05) is 38.3 Å². The molecule has 8 heteroatoms. The molecular formula is C22H25N3O4S. The predicted octanol–water partition coefficient (Wildman–Crippen LogP) is 3.17. The molecular weight excluding hydrogens is 402 g/mol. The van der Waals surface area contributed by atoms with Crippen LogP contribution in [-0.4, -0.2) is 55.9 Å². The zero-order valence-electron chi connectivity index (χ0n) is 17.1. The summed E-state index contributed by atoms with van der Waals surface area (Å²) >= 11 is 0. The highest BCUT2D eigenvalue weighted by molar-refractivity contribution is 7.89. The molecule has 158 valence electrons. The molecule has 4 rings (SSSR count). The number of hydrogen-bond acceptors (Lipinski definition) is 6. The van der Waals surface area contributed by atoms with Crippen molar-refractivity contribution in [2.75, 3.05) is 33.3 Å². The second-order valence-corrected chi connectivity index (χ2v) is 9.18. The Balaban J connectivity index is 1.40. The molecule has 0 bridgehead atoms. The van der Waals surface area contributed by atoms with Crippen LogP contribution in [0.15, 0.2) is 63.9 Å². The van der Waals surface area contributed by atoms with Crippen LogP contribution >= 0.6 is 0 Å². The second kappa shape index (κ2) is 8.59. The van der Waals surface area contributed by atoms with Crippen LogP contribution in [0.25, 0.3) is 11.5 Å². The van der Waals surface area contributed by atoms with Crippen LogP contribution in [0, 0.1) is 6.92 Å². The van der Waals surface area contributed by atoms with Crippen molar-refractivity contribution in [3.63, 3.8) is 0 Å². The van der Waals surface area contributed by atoms with Gasteiger partial charge in [-0.15, -0.1) is 0 Å². The number of aryl methyl sites for hydroxylation is 1. The van der Waals surface area contributed by atoms with Crippen molar-refractivity contribution in [1.82, 2.24) is 14.2 Å². The van der Waals surface area contributed by atoms with Gasteiger partial charge in [0.25, 0.3) is 0 Å². The highest BCUT2D eigenvalue weighted by atomic mass is 32.2. The summed E-state index contributed by atoms with van der Waals surface area (Å²) in [6.45, 7) is 4.75. The van der Waals surface area contributed by atoms with Gasteiger partial charge in [0.15, 0.2) is 0 Å². The summed E-state index contributed by atoms with van der Waals surface area (Å²) in [5.74, 6) is 2.14. The number of nitrogens with zero attached hydrogens (tertiary/aromatic N) is 3. The third-order valence-corrected chi connectivity index (χ3v) is 7.23. The molecule has 1 saturated heterocycles. The van der Waals surface area contributed by atoms with E-state index in [2.05, 4.69) is 9.88 Å². The Morgan fingerprint density at radius 2 is 1.67 bits per heavy atom. The largest absolute Gasteiger partial charge is 0.497 e. The van der Waals surface area contributed by atoms with E-state index in [4.69, 9.17) is 9.15 Å². The Morgan fingerprint density at radius 1 is 1.00 bits per heavy atom. The minimum Gasteiger partial charge on any atom is -0.497 e. The van der Waals surface area contributed by atoms with Gasteiger partial charge in [0.2, 0.25) is 15.9 Å². The number of oxazole rings is 1. The maximum atomic E-state index is 12.8. The Kier molecular flexibility index (Phi) is 5.90. The predicted molar refractivity (Wildman–Crippen MR) is 114 cm³/mol. The number of piperazine rings is 1. The molecule has 0 spiro atoms. The normalized spacial score (nSPS) is 15.9. The van der Waals surface area contributed by atoms with Gasteiger partial charge in [-0.3, -0.25) is 4.90 Å². The summed E-state index contributed by atoms with van der Waals surface area (Å²) in [4.78, 5) is 7.21. The van der Waals surface area contributed by atoms with Gasteiger partial charge in [-0.05, 0) is 43.3 Å². The standard InChI is InChI=1S/C22H25N3O4S/c1-17-21(23-22(29-17)18-8-10-19(28-2)11-9-18)16-24-12-14-25(15-13-24)30(26,27)20-6-4-3-5-7-20/h3-11H,12-16H2,1-2H3. The number of sulfonamides is 1. The molecule has 2 aromatic carbocycles. The van der Waals surface area contributed by atoms with Crippen LogP contribution in [0.1, 0.15) is 11.5 Å². The minimum atomic E-state index is -3.44. The molecule has 1 fully saturated rings. The molecule has 1 aliphatic heterocycles. The van der Waals surface area contributed by atoms with E-state index in [0.717, 1.165) is 22.8 Å². The smallest absolute Gasteiger partial charge is 0.243 e. The van der Waals surface area contributed by atoms with Crippen molar-refractivity contribution < 1.29 is 17.6 Å². The molecule has 1 aliphatic rings. The third kappa shape index (κ3) is 4.26. The highest BCUT2D eigenvalue weighted by Gasteiger charge is 2.29. The number of benzene rings is 2. The number of methoxy groups -OCH3 is 1. The quantitative estimate of drug-likeness (QED) is 0.602. The summed E-state index contributed by atoms with van der Waals surface area (Å²) in [6.07, 6.45) is 0. The molecule has 7 nitrogen and oxygen atoms in total. The average Bonchev–Trinajstić information content (AvgIpc) is 3.15. The lowest BCUT2D eigenvalue weighted by Gasteiger charge is -2.33. The lowest BCUT2D eigenvalue weighted by Crippen LogP contribution is -2.48. The van der Waals surface area contributed by atoms with Crippen LogP contribution in [0.2, 0.25) is 0 Å². The van der Waals surface area contributed by atoms with Crippen LogP contribution in [-0.2, 0) is 16.6 Å². The Bertz CT molecular complexity index is 1090. The molecule has 1 aromatic heterocycles. The fourth-order valence-electron chi connectivity index (χ4n) is 3.51. The topological polar surface area (TPSA) is 75.9 Å². The highest BCUT2D eigenvalue weighted by Crippen LogP contribution is 2.25. The number of aromatic nitrogens is 1. The molecule has 0 radical (unpaired) electrons. The van der Waals surface area contributed by atoms with E-state index in [-0.39, 0.29) is 0 Å². The minimum absolute atomic E-state index is 0.343. The van der Waals surface area contributed by atoms with E-state index in [1.54, 1.807) is 35.7 Å². The monoisotopic (exact) mass is 427 g/mol. The number of hydrogen-bond donors (Lipinski definition) is 0. The van der Waals surface area contributed by atoms with Crippen LogP contribution in [0.3, 0.4) is 0 Å². The fourth-order valence-corrected chi connectivity index (χ4v) is 4.96. The van der Waals surface area contributed by atoms with Gasteiger partial charge in [0.1, 0.15) is 11.5 Å². The maximum absolute atomic E-state index is 12.8. The molecule has 0 saturated carbocycles. The molecule has 0 unspecified atom stereocenters. The van der Waals surface area contributed by atoms with Gasteiger partial charge in [0.05, 0.1) is 17.7 Å². The first-order chi connectivity index (χ1) is 14.5. The summed E-state index contributed by atoms with van der Waals surface area (Å²) in [5, 5.41) is 0. The lowest BCUT2D eigenvalue weighted by molar-refractivity contribution is 0.179. The van der Waals surface area contributed by atoms with Crippen LogP contribution in [0.5, 0.6) is 5.75 Å². The molecule has 0 atom stereocenters. The van der Waals surface area contributed by atoms with Gasteiger partial charge in [-0.1, -0.05) is 18.2 Å². The van der Waals surface area contributed by atoms with Crippen molar-refractivity contribution in [3.05, 3.63) is 66.1 Å². The molecule has 0 aliphatic carbocycles. The second-order valence-electron chi connectivity index (χ2n) is 7.24. The number of ether oxygens (including phenoxy) is 1.